The first kappa shape index (κ1) is 12.8. The average Bonchev–Trinajstić information content (AvgIpc) is 2.27. The first-order chi connectivity index (χ1) is 8.56. The number of benzene rings is 2. The fourth-order valence-corrected chi connectivity index (χ4v) is 2.03. The number of anilines is 1. The smallest absolute Gasteiger partial charge is 0.169 e. The van der Waals surface area contributed by atoms with Crippen LogP contribution in [0.4, 0.5) is 14.5 Å². The Kier molecular flexibility index (Phi) is 3.81. The predicted molar refractivity (Wildman–Crippen MR) is 69.2 cm³/mol. The van der Waals surface area contributed by atoms with E-state index in [0.717, 1.165) is 17.7 Å². The van der Waals surface area contributed by atoms with Crippen molar-refractivity contribution in [2.75, 3.05) is 5.73 Å². The van der Waals surface area contributed by atoms with Crippen molar-refractivity contribution in [1.29, 1.82) is 0 Å². The van der Waals surface area contributed by atoms with Gasteiger partial charge in [0.05, 0.1) is 4.47 Å². The van der Waals surface area contributed by atoms with Crippen LogP contribution < -0.4 is 10.5 Å². The Labute approximate surface area is 112 Å². The van der Waals surface area contributed by atoms with E-state index in [0.29, 0.717) is 5.69 Å². The van der Waals surface area contributed by atoms with Crippen molar-refractivity contribution in [3.8, 4) is 5.75 Å². The molecule has 0 fully saturated rings. The van der Waals surface area contributed by atoms with Gasteiger partial charge >= 0.3 is 0 Å². The van der Waals surface area contributed by atoms with Crippen LogP contribution in [0.3, 0.4) is 0 Å². The number of ether oxygens (including phenoxy) is 1. The third kappa shape index (κ3) is 2.98. The van der Waals surface area contributed by atoms with Gasteiger partial charge in [-0.3, -0.25) is 0 Å². The Bertz CT molecular complexity index is 552. The van der Waals surface area contributed by atoms with Crippen LogP contribution in [0.1, 0.15) is 5.56 Å². The molecule has 2 aromatic carbocycles. The average molecular weight is 314 g/mol. The lowest BCUT2D eigenvalue weighted by molar-refractivity contribution is 0.287. The van der Waals surface area contributed by atoms with Crippen LogP contribution in [-0.2, 0) is 6.61 Å². The third-order valence-corrected chi connectivity index (χ3v) is 2.89. The standard InChI is InChI=1S/C13H10BrF2NO/c14-11-5-9(15)6-12(16)13(11)18-7-8-2-1-3-10(17)4-8/h1-6H,7,17H2. The minimum atomic E-state index is -0.745. The first-order valence-electron chi connectivity index (χ1n) is 5.18. The van der Waals surface area contributed by atoms with E-state index in [-0.39, 0.29) is 16.8 Å². The van der Waals surface area contributed by atoms with Crippen molar-refractivity contribution in [3.05, 3.63) is 58.1 Å². The molecule has 0 radical (unpaired) electrons. The number of nitrogens with two attached hydrogens (primary N) is 1. The first-order valence-corrected chi connectivity index (χ1v) is 5.97. The highest BCUT2D eigenvalue weighted by atomic mass is 79.9. The molecular formula is C13H10BrF2NO. The number of hydrogen-bond acceptors (Lipinski definition) is 2. The van der Waals surface area contributed by atoms with Gasteiger partial charge in [-0.1, -0.05) is 12.1 Å². The van der Waals surface area contributed by atoms with Gasteiger partial charge in [0.1, 0.15) is 12.4 Å². The molecule has 5 heteroatoms. The molecule has 0 amide bonds. The zero-order valence-corrected chi connectivity index (χ0v) is 10.9. The van der Waals surface area contributed by atoms with Crippen LogP contribution >= 0.6 is 15.9 Å². The van der Waals surface area contributed by atoms with Crippen LogP contribution in [0, 0.1) is 11.6 Å². The lowest BCUT2D eigenvalue weighted by Gasteiger charge is -2.09. The lowest BCUT2D eigenvalue weighted by Crippen LogP contribution is -1.99. The van der Waals surface area contributed by atoms with E-state index in [1.807, 2.05) is 6.07 Å². The molecule has 2 aromatic rings. The third-order valence-electron chi connectivity index (χ3n) is 2.30. The minimum Gasteiger partial charge on any atom is -0.485 e. The van der Waals surface area contributed by atoms with Crippen LogP contribution in [-0.4, -0.2) is 0 Å². The van der Waals surface area contributed by atoms with Crippen LogP contribution in [0.15, 0.2) is 40.9 Å². The highest BCUT2D eigenvalue weighted by Crippen LogP contribution is 2.29. The van der Waals surface area contributed by atoms with Crippen LogP contribution in [0.25, 0.3) is 0 Å². The molecule has 0 aliphatic carbocycles. The Hall–Kier alpha value is -1.62. The van der Waals surface area contributed by atoms with E-state index in [1.165, 1.54) is 0 Å². The number of rotatable bonds is 3. The molecule has 94 valence electrons. The molecule has 2 N–H and O–H groups in total. The van der Waals surface area contributed by atoms with Gasteiger partial charge < -0.3 is 10.5 Å². The van der Waals surface area contributed by atoms with Crippen molar-refractivity contribution < 1.29 is 13.5 Å². The molecule has 2 nitrogen and oxygen atoms in total. The summed E-state index contributed by atoms with van der Waals surface area (Å²) in [5.74, 6) is -1.42. The minimum absolute atomic E-state index is 0.0150. The van der Waals surface area contributed by atoms with E-state index < -0.39 is 11.6 Å². The summed E-state index contributed by atoms with van der Waals surface area (Å²) in [7, 11) is 0. The maximum Gasteiger partial charge on any atom is 0.169 e. The maximum atomic E-state index is 13.5. The van der Waals surface area contributed by atoms with E-state index in [1.54, 1.807) is 18.2 Å². The Morgan fingerprint density at radius 3 is 2.61 bits per heavy atom. The number of nitrogen functional groups attached to an aromatic ring is 1. The fraction of sp³-hybridized carbons (Fsp3) is 0.0769. The summed E-state index contributed by atoms with van der Waals surface area (Å²) in [6.07, 6.45) is 0. The molecule has 0 aliphatic rings. The predicted octanol–water partition coefficient (Wildman–Crippen LogP) is 3.89. The molecular weight excluding hydrogens is 304 g/mol. The monoisotopic (exact) mass is 313 g/mol. The quantitative estimate of drug-likeness (QED) is 0.873. The second-order valence-corrected chi connectivity index (χ2v) is 4.59. The Balaban J connectivity index is 2.16. The molecule has 18 heavy (non-hydrogen) atoms. The molecule has 0 unspecified atom stereocenters. The summed E-state index contributed by atoms with van der Waals surface area (Å²) in [6.45, 7) is 0.159. The Morgan fingerprint density at radius 2 is 1.94 bits per heavy atom. The molecule has 0 saturated heterocycles. The number of halogens is 3. The van der Waals surface area contributed by atoms with Gasteiger partial charge in [0.15, 0.2) is 11.6 Å². The van der Waals surface area contributed by atoms with Gasteiger partial charge in [0, 0.05) is 11.8 Å². The van der Waals surface area contributed by atoms with Gasteiger partial charge in [0.2, 0.25) is 0 Å². The molecule has 0 aromatic heterocycles. The van der Waals surface area contributed by atoms with E-state index in [4.69, 9.17) is 10.5 Å². The molecule has 0 saturated carbocycles. The highest BCUT2D eigenvalue weighted by molar-refractivity contribution is 9.10. The number of hydrogen-bond donors (Lipinski definition) is 1. The summed E-state index contributed by atoms with van der Waals surface area (Å²) in [4.78, 5) is 0. The van der Waals surface area contributed by atoms with Crippen molar-refractivity contribution >= 4 is 21.6 Å². The molecule has 0 heterocycles. The molecule has 0 bridgehead atoms. The summed E-state index contributed by atoms with van der Waals surface area (Å²) < 4.78 is 31.9. The largest absolute Gasteiger partial charge is 0.485 e. The lowest BCUT2D eigenvalue weighted by atomic mass is 10.2. The fourth-order valence-electron chi connectivity index (χ4n) is 1.51. The highest BCUT2D eigenvalue weighted by Gasteiger charge is 2.11. The SMILES string of the molecule is Nc1cccc(COc2c(F)cc(F)cc2Br)c1. The van der Waals surface area contributed by atoms with E-state index in [9.17, 15) is 8.78 Å². The Morgan fingerprint density at radius 1 is 1.17 bits per heavy atom. The van der Waals surface area contributed by atoms with Crippen LogP contribution in [0.5, 0.6) is 5.75 Å². The van der Waals surface area contributed by atoms with Crippen molar-refractivity contribution in [3.63, 3.8) is 0 Å². The maximum absolute atomic E-state index is 13.5. The van der Waals surface area contributed by atoms with Crippen molar-refractivity contribution in [1.82, 2.24) is 0 Å². The summed E-state index contributed by atoms with van der Waals surface area (Å²) in [5, 5.41) is 0. The second kappa shape index (κ2) is 5.35. The van der Waals surface area contributed by atoms with Gasteiger partial charge in [-0.25, -0.2) is 8.78 Å². The van der Waals surface area contributed by atoms with Gasteiger partial charge in [-0.05, 0) is 39.7 Å². The van der Waals surface area contributed by atoms with E-state index >= 15 is 0 Å². The van der Waals surface area contributed by atoms with Crippen LogP contribution in [0.2, 0.25) is 0 Å². The van der Waals surface area contributed by atoms with E-state index in [2.05, 4.69) is 15.9 Å². The zero-order valence-electron chi connectivity index (χ0n) is 9.29. The topological polar surface area (TPSA) is 35.2 Å². The van der Waals surface area contributed by atoms with Gasteiger partial charge in [-0.2, -0.15) is 0 Å². The van der Waals surface area contributed by atoms with Gasteiger partial charge in [0.25, 0.3) is 0 Å². The van der Waals surface area contributed by atoms with Crippen molar-refractivity contribution in [2.24, 2.45) is 0 Å². The summed E-state index contributed by atoms with van der Waals surface area (Å²) in [6, 6.07) is 9.00. The van der Waals surface area contributed by atoms with Gasteiger partial charge in [-0.15, -0.1) is 0 Å². The molecule has 0 aliphatic heterocycles. The molecule has 2 rings (SSSR count). The zero-order chi connectivity index (χ0) is 13.1. The summed E-state index contributed by atoms with van der Waals surface area (Å²) in [5.41, 5.74) is 7.04. The normalized spacial score (nSPS) is 10.4. The molecule has 0 spiro atoms. The van der Waals surface area contributed by atoms with Crippen molar-refractivity contribution in [2.45, 2.75) is 6.61 Å². The summed E-state index contributed by atoms with van der Waals surface area (Å²) >= 11 is 3.06. The second-order valence-electron chi connectivity index (χ2n) is 3.73. The molecule has 0 atom stereocenters.